The summed E-state index contributed by atoms with van der Waals surface area (Å²) >= 11 is 0. The van der Waals surface area contributed by atoms with E-state index < -0.39 is 5.60 Å². The van der Waals surface area contributed by atoms with Gasteiger partial charge in [0.1, 0.15) is 5.82 Å². The number of amides is 2. The normalized spacial score (nSPS) is 20.0. The Morgan fingerprint density at radius 1 is 1.42 bits per heavy atom. The molecular weight excluding hydrogens is 311 g/mol. The fourth-order valence-electron chi connectivity index (χ4n) is 3.20. The summed E-state index contributed by atoms with van der Waals surface area (Å²) in [7, 11) is 1.58. The first-order chi connectivity index (χ1) is 11.6. The number of hydrogen-bond acceptors (Lipinski definition) is 3. The van der Waals surface area contributed by atoms with Gasteiger partial charge in [0.25, 0.3) is 0 Å². The molecule has 1 aromatic rings. The van der Waals surface area contributed by atoms with Crippen LogP contribution in [0.15, 0.2) is 18.2 Å². The van der Waals surface area contributed by atoms with E-state index in [0.29, 0.717) is 37.4 Å². The highest BCUT2D eigenvalue weighted by Crippen LogP contribution is 2.40. The number of urea groups is 1. The Balaban J connectivity index is 1.51. The van der Waals surface area contributed by atoms with E-state index in [1.165, 1.54) is 0 Å². The number of nitrogens with one attached hydrogen (secondary N) is 1. The number of hydrogen-bond donors (Lipinski definition) is 2. The number of aliphatic hydroxyl groups is 1. The quantitative estimate of drug-likeness (QED) is 0.868. The van der Waals surface area contributed by atoms with Crippen LogP contribution in [-0.4, -0.2) is 48.4 Å². The number of carbonyl (C=O) groups excluding carboxylic acids is 1. The lowest BCUT2D eigenvalue weighted by Crippen LogP contribution is -2.51. The number of benzene rings is 1. The van der Waals surface area contributed by atoms with Crippen molar-refractivity contribution in [2.75, 3.05) is 26.8 Å². The fourth-order valence-corrected chi connectivity index (χ4v) is 3.20. The molecule has 0 aromatic heterocycles. The van der Waals surface area contributed by atoms with Crippen molar-refractivity contribution in [1.29, 1.82) is 0 Å². The summed E-state index contributed by atoms with van der Waals surface area (Å²) in [5, 5.41) is 12.2. The van der Waals surface area contributed by atoms with E-state index in [9.17, 15) is 14.3 Å². The van der Waals surface area contributed by atoms with Crippen molar-refractivity contribution in [3.05, 3.63) is 35.1 Å². The van der Waals surface area contributed by atoms with Crippen LogP contribution in [0.5, 0.6) is 0 Å². The van der Waals surface area contributed by atoms with Crippen LogP contribution in [0.2, 0.25) is 0 Å². The van der Waals surface area contributed by atoms with Crippen LogP contribution in [0.1, 0.15) is 42.7 Å². The molecule has 1 aliphatic heterocycles. The highest BCUT2D eigenvalue weighted by molar-refractivity contribution is 5.74. The van der Waals surface area contributed by atoms with Gasteiger partial charge < -0.3 is 20.1 Å². The molecule has 2 fully saturated rings. The molecule has 3 rings (SSSR count). The molecule has 24 heavy (non-hydrogen) atoms. The maximum absolute atomic E-state index is 14.1. The Labute approximate surface area is 141 Å². The number of nitrogens with zero attached hydrogens (tertiary/aromatic N) is 1. The maximum Gasteiger partial charge on any atom is 0.317 e. The van der Waals surface area contributed by atoms with Crippen molar-refractivity contribution in [2.45, 2.75) is 43.7 Å². The first-order valence-electron chi connectivity index (χ1n) is 8.54. The van der Waals surface area contributed by atoms with E-state index in [0.717, 1.165) is 18.4 Å². The molecule has 0 radical (unpaired) electrons. The topological polar surface area (TPSA) is 61.8 Å². The zero-order chi connectivity index (χ0) is 17.2. The van der Waals surface area contributed by atoms with Gasteiger partial charge in [-0.3, -0.25) is 0 Å². The predicted molar refractivity (Wildman–Crippen MR) is 88.2 cm³/mol. The van der Waals surface area contributed by atoms with Gasteiger partial charge in [-0.1, -0.05) is 12.1 Å². The van der Waals surface area contributed by atoms with Gasteiger partial charge in [0.2, 0.25) is 0 Å². The Morgan fingerprint density at radius 2 is 2.12 bits per heavy atom. The molecule has 1 saturated heterocycles. The van der Waals surface area contributed by atoms with Gasteiger partial charge in [-0.05, 0) is 43.2 Å². The smallest absolute Gasteiger partial charge is 0.317 e. The summed E-state index contributed by atoms with van der Waals surface area (Å²) < 4.78 is 19.5. The van der Waals surface area contributed by atoms with Crippen LogP contribution in [0.3, 0.4) is 0 Å². The van der Waals surface area contributed by atoms with Crippen LogP contribution in [0.4, 0.5) is 9.18 Å². The third-order valence-electron chi connectivity index (χ3n) is 5.24. The number of piperidine rings is 1. The summed E-state index contributed by atoms with van der Waals surface area (Å²) in [6.45, 7) is 1.17. The maximum atomic E-state index is 14.1. The fraction of sp³-hybridized carbons (Fsp3) is 0.611. The minimum atomic E-state index is -0.540. The van der Waals surface area contributed by atoms with Crippen LogP contribution in [0.25, 0.3) is 0 Å². The molecule has 5 nitrogen and oxygen atoms in total. The van der Waals surface area contributed by atoms with Crippen molar-refractivity contribution >= 4 is 6.03 Å². The third kappa shape index (κ3) is 3.70. The Morgan fingerprint density at radius 3 is 2.67 bits per heavy atom. The molecule has 0 spiro atoms. The predicted octanol–water partition coefficient (Wildman–Crippen LogP) is 2.39. The summed E-state index contributed by atoms with van der Waals surface area (Å²) in [4.78, 5) is 13.9. The summed E-state index contributed by atoms with van der Waals surface area (Å²) in [6.07, 6.45) is 3.47. The van der Waals surface area contributed by atoms with Gasteiger partial charge in [-0.2, -0.15) is 0 Å². The van der Waals surface area contributed by atoms with Gasteiger partial charge in [-0.15, -0.1) is 0 Å². The minimum absolute atomic E-state index is 0.0441. The highest BCUT2D eigenvalue weighted by atomic mass is 19.1. The lowest BCUT2D eigenvalue weighted by Gasteiger charge is -2.39. The first-order valence-corrected chi connectivity index (χ1v) is 8.54. The van der Waals surface area contributed by atoms with E-state index >= 15 is 0 Å². The number of carbonyl (C=O) groups is 1. The number of rotatable bonds is 5. The number of halogens is 1. The van der Waals surface area contributed by atoms with Crippen molar-refractivity contribution in [2.24, 2.45) is 0 Å². The third-order valence-corrected chi connectivity index (χ3v) is 5.24. The second-order valence-corrected chi connectivity index (χ2v) is 6.82. The van der Waals surface area contributed by atoms with Gasteiger partial charge in [0.05, 0.1) is 12.2 Å². The molecule has 1 saturated carbocycles. The molecule has 2 N–H and O–H groups in total. The number of ether oxygens (including phenoxy) is 1. The molecule has 2 aliphatic rings. The van der Waals surface area contributed by atoms with Crippen LogP contribution < -0.4 is 5.32 Å². The van der Waals surface area contributed by atoms with Crippen molar-refractivity contribution < 1.29 is 19.0 Å². The average molecular weight is 336 g/mol. The van der Waals surface area contributed by atoms with Gasteiger partial charge in [-0.25, -0.2) is 9.18 Å². The number of aliphatic hydroxyl groups excluding tert-OH is 1. The van der Waals surface area contributed by atoms with Gasteiger partial charge >= 0.3 is 6.03 Å². The van der Waals surface area contributed by atoms with E-state index in [1.54, 1.807) is 24.1 Å². The van der Waals surface area contributed by atoms with Crippen LogP contribution >= 0.6 is 0 Å². The van der Waals surface area contributed by atoms with Gasteiger partial charge in [0.15, 0.2) is 0 Å². The monoisotopic (exact) mass is 336 g/mol. The summed E-state index contributed by atoms with van der Waals surface area (Å²) in [5.41, 5.74) is 1.02. The largest absolute Gasteiger partial charge is 0.393 e. The molecule has 0 atom stereocenters. The summed E-state index contributed by atoms with van der Waals surface area (Å²) in [6, 6.07) is 5.11. The molecule has 2 amide bonds. The zero-order valence-corrected chi connectivity index (χ0v) is 14.1. The molecule has 6 heteroatoms. The lowest BCUT2D eigenvalue weighted by molar-refractivity contribution is -0.0835. The molecular formula is C18H25FN2O3. The number of methoxy groups -OCH3 is 1. The van der Waals surface area contributed by atoms with E-state index in [2.05, 4.69) is 5.32 Å². The van der Waals surface area contributed by atoms with Crippen molar-refractivity contribution in [3.8, 4) is 0 Å². The van der Waals surface area contributed by atoms with Crippen molar-refractivity contribution in [3.63, 3.8) is 0 Å². The molecule has 0 unspecified atom stereocenters. The molecule has 1 heterocycles. The second kappa shape index (κ2) is 7.07. The molecule has 132 valence electrons. The Bertz CT molecular complexity index is 590. The SMILES string of the molecule is COC1(CO)CCN(C(=O)NCc2ccc(C3CC3)cc2F)CC1. The highest BCUT2D eigenvalue weighted by Gasteiger charge is 2.35. The standard InChI is InChI=1S/C18H25FN2O3/c1-24-18(12-22)6-8-21(9-7-18)17(23)20-11-15-5-4-14(10-16(15)19)13-2-3-13/h4-5,10,13,22H,2-3,6-9,11-12H2,1H3,(H,20,23). The molecule has 1 aromatic carbocycles. The van der Waals surface area contributed by atoms with Crippen LogP contribution in [-0.2, 0) is 11.3 Å². The molecule has 1 aliphatic carbocycles. The summed E-state index contributed by atoms with van der Waals surface area (Å²) in [5.74, 6) is 0.265. The number of likely N-dealkylation sites (tertiary alicyclic amines) is 1. The Hall–Kier alpha value is -1.66. The van der Waals surface area contributed by atoms with Crippen LogP contribution in [0, 0.1) is 5.82 Å². The van der Waals surface area contributed by atoms with Gasteiger partial charge in [0, 0.05) is 32.3 Å². The van der Waals surface area contributed by atoms with E-state index in [4.69, 9.17) is 4.74 Å². The van der Waals surface area contributed by atoms with E-state index in [1.807, 2.05) is 6.07 Å². The first kappa shape index (κ1) is 17.2. The van der Waals surface area contributed by atoms with E-state index in [-0.39, 0.29) is 25.0 Å². The second-order valence-electron chi connectivity index (χ2n) is 6.82. The Kier molecular flexibility index (Phi) is 5.06. The average Bonchev–Trinajstić information content (AvgIpc) is 3.45. The molecule has 0 bridgehead atoms. The zero-order valence-electron chi connectivity index (χ0n) is 14.1. The minimum Gasteiger partial charge on any atom is -0.393 e. The van der Waals surface area contributed by atoms with Crippen molar-refractivity contribution in [1.82, 2.24) is 10.2 Å². The lowest BCUT2D eigenvalue weighted by atomic mass is 9.92.